The molecule has 0 aliphatic carbocycles. The van der Waals surface area contributed by atoms with E-state index < -0.39 is 10.0 Å². The second-order valence-electron chi connectivity index (χ2n) is 4.72. The highest BCUT2D eigenvalue weighted by Gasteiger charge is 2.14. The molecule has 0 aliphatic heterocycles. The largest absolute Gasteiger partial charge is 0.354 e. The van der Waals surface area contributed by atoms with Gasteiger partial charge >= 0.3 is 0 Å². The Labute approximate surface area is 119 Å². The SMILES string of the molecule is CC(C)NC(=O)CCNS(=O)(=O)c1ccc(CN)cc1. The van der Waals surface area contributed by atoms with Crippen molar-refractivity contribution in [2.75, 3.05) is 6.54 Å². The molecule has 0 radical (unpaired) electrons. The van der Waals surface area contributed by atoms with Gasteiger partial charge in [0.25, 0.3) is 0 Å². The zero-order valence-electron chi connectivity index (χ0n) is 11.7. The van der Waals surface area contributed by atoms with E-state index in [0.29, 0.717) is 6.54 Å². The van der Waals surface area contributed by atoms with E-state index in [0.717, 1.165) is 5.56 Å². The number of carbonyl (C=O) groups excluding carboxylic acids is 1. The van der Waals surface area contributed by atoms with Crippen molar-refractivity contribution in [1.82, 2.24) is 10.0 Å². The van der Waals surface area contributed by atoms with Gasteiger partial charge in [-0.3, -0.25) is 4.79 Å². The van der Waals surface area contributed by atoms with Gasteiger partial charge in [0.2, 0.25) is 15.9 Å². The maximum absolute atomic E-state index is 12.0. The van der Waals surface area contributed by atoms with E-state index in [4.69, 9.17) is 5.73 Å². The first-order valence-electron chi connectivity index (χ1n) is 6.43. The minimum Gasteiger partial charge on any atom is -0.354 e. The molecule has 0 saturated carbocycles. The van der Waals surface area contributed by atoms with Crippen LogP contribution < -0.4 is 15.8 Å². The highest BCUT2D eigenvalue weighted by molar-refractivity contribution is 7.89. The number of nitrogens with two attached hydrogens (primary N) is 1. The van der Waals surface area contributed by atoms with Crippen LogP contribution in [0.5, 0.6) is 0 Å². The van der Waals surface area contributed by atoms with E-state index in [1.807, 2.05) is 13.8 Å². The van der Waals surface area contributed by atoms with Gasteiger partial charge in [-0.15, -0.1) is 0 Å². The molecule has 1 aromatic carbocycles. The zero-order chi connectivity index (χ0) is 15.2. The molecule has 0 fully saturated rings. The summed E-state index contributed by atoms with van der Waals surface area (Å²) in [6, 6.07) is 6.38. The summed E-state index contributed by atoms with van der Waals surface area (Å²) in [6.45, 7) is 4.13. The molecule has 1 amide bonds. The average molecular weight is 299 g/mol. The van der Waals surface area contributed by atoms with Crippen LogP contribution in [0.25, 0.3) is 0 Å². The van der Waals surface area contributed by atoms with Gasteiger partial charge < -0.3 is 11.1 Å². The van der Waals surface area contributed by atoms with E-state index in [-0.39, 0.29) is 29.8 Å². The number of hydrogen-bond donors (Lipinski definition) is 3. The maximum atomic E-state index is 12.0. The Hall–Kier alpha value is -1.44. The average Bonchev–Trinajstić information content (AvgIpc) is 2.37. The number of sulfonamides is 1. The van der Waals surface area contributed by atoms with Crippen LogP contribution in [0, 0.1) is 0 Å². The molecule has 1 rings (SSSR count). The summed E-state index contributed by atoms with van der Waals surface area (Å²) in [5.74, 6) is -0.179. The number of nitrogens with one attached hydrogen (secondary N) is 2. The summed E-state index contributed by atoms with van der Waals surface area (Å²) in [5.41, 5.74) is 6.31. The molecular formula is C13H21N3O3S. The van der Waals surface area contributed by atoms with Gasteiger partial charge in [-0.05, 0) is 31.5 Å². The first kappa shape index (κ1) is 16.6. The van der Waals surface area contributed by atoms with Crippen molar-refractivity contribution in [2.24, 2.45) is 5.73 Å². The molecule has 0 saturated heterocycles. The summed E-state index contributed by atoms with van der Waals surface area (Å²) in [5, 5.41) is 2.70. The Balaban J connectivity index is 2.55. The van der Waals surface area contributed by atoms with Crippen molar-refractivity contribution in [1.29, 1.82) is 0 Å². The normalized spacial score (nSPS) is 11.6. The van der Waals surface area contributed by atoms with Crippen LogP contribution >= 0.6 is 0 Å². The molecule has 0 spiro atoms. The molecule has 6 nitrogen and oxygen atoms in total. The van der Waals surface area contributed by atoms with Crippen molar-refractivity contribution in [3.63, 3.8) is 0 Å². The summed E-state index contributed by atoms with van der Waals surface area (Å²) in [6.07, 6.45) is 0.109. The second-order valence-corrected chi connectivity index (χ2v) is 6.49. The van der Waals surface area contributed by atoms with Crippen LogP contribution in [0.15, 0.2) is 29.2 Å². The Morgan fingerprint density at radius 2 is 1.85 bits per heavy atom. The fourth-order valence-electron chi connectivity index (χ4n) is 1.58. The van der Waals surface area contributed by atoms with Crippen LogP contribution in [0.2, 0.25) is 0 Å². The lowest BCUT2D eigenvalue weighted by atomic mass is 10.2. The van der Waals surface area contributed by atoms with Crippen LogP contribution in [-0.4, -0.2) is 26.9 Å². The van der Waals surface area contributed by atoms with E-state index >= 15 is 0 Å². The fraction of sp³-hybridized carbons (Fsp3) is 0.462. The third-order valence-corrected chi connectivity index (χ3v) is 4.04. The lowest BCUT2D eigenvalue weighted by molar-refractivity contribution is -0.121. The van der Waals surface area contributed by atoms with Crippen LogP contribution in [0.4, 0.5) is 0 Å². The van der Waals surface area contributed by atoms with Crippen LogP contribution in [0.3, 0.4) is 0 Å². The van der Waals surface area contributed by atoms with Crippen LogP contribution in [-0.2, 0) is 21.4 Å². The van der Waals surface area contributed by atoms with E-state index in [9.17, 15) is 13.2 Å². The quantitative estimate of drug-likeness (QED) is 0.675. The van der Waals surface area contributed by atoms with Gasteiger partial charge in [0, 0.05) is 25.6 Å². The minimum absolute atomic E-state index is 0.0444. The molecule has 20 heavy (non-hydrogen) atoms. The minimum atomic E-state index is -3.58. The fourth-order valence-corrected chi connectivity index (χ4v) is 2.61. The number of hydrogen-bond acceptors (Lipinski definition) is 4. The first-order valence-corrected chi connectivity index (χ1v) is 7.91. The number of carbonyl (C=O) groups is 1. The highest BCUT2D eigenvalue weighted by atomic mass is 32.2. The van der Waals surface area contributed by atoms with Crippen molar-refractivity contribution in [2.45, 2.75) is 37.8 Å². The molecule has 4 N–H and O–H groups in total. The van der Waals surface area contributed by atoms with Crippen LogP contribution in [0.1, 0.15) is 25.8 Å². The summed E-state index contributed by atoms with van der Waals surface area (Å²) < 4.78 is 26.3. The van der Waals surface area contributed by atoms with Gasteiger partial charge in [-0.1, -0.05) is 12.1 Å². The third-order valence-electron chi connectivity index (χ3n) is 2.56. The Kier molecular flexibility index (Phi) is 6.12. The highest BCUT2D eigenvalue weighted by Crippen LogP contribution is 2.10. The molecule has 7 heteroatoms. The lowest BCUT2D eigenvalue weighted by Gasteiger charge is -2.09. The lowest BCUT2D eigenvalue weighted by Crippen LogP contribution is -2.34. The molecule has 1 aromatic rings. The molecule has 0 atom stereocenters. The zero-order valence-corrected chi connectivity index (χ0v) is 12.5. The number of benzene rings is 1. The Morgan fingerprint density at radius 1 is 1.25 bits per heavy atom. The number of amides is 1. The smallest absolute Gasteiger partial charge is 0.240 e. The third kappa shape index (κ3) is 5.28. The van der Waals surface area contributed by atoms with Gasteiger partial charge in [-0.25, -0.2) is 13.1 Å². The second kappa shape index (κ2) is 7.37. The topological polar surface area (TPSA) is 101 Å². The Bertz CT molecular complexity index is 538. The standard InChI is InChI=1S/C13H21N3O3S/c1-10(2)16-13(17)7-8-15-20(18,19)12-5-3-11(9-14)4-6-12/h3-6,10,15H,7-9,14H2,1-2H3,(H,16,17). The predicted octanol–water partition coefficient (Wildman–Crippen LogP) is 0.338. The Morgan fingerprint density at radius 3 is 2.35 bits per heavy atom. The molecule has 112 valence electrons. The van der Waals surface area contributed by atoms with Gasteiger partial charge in [0.15, 0.2) is 0 Å². The van der Waals surface area contributed by atoms with E-state index in [1.54, 1.807) is 12.1 Å². The number of rotatable bonds is 7. The van der Waals surface area contributed by atoms with Crippen molar-refractivity contribution in [3.8, 4) is 0 Å². The summed E-state index contributed by atoms with van der Waals surface area (Å²) in [7, 11) is -3.58. The molecule has 0 bridgehead atoms. The first-order chi connectivity index (χ1) is 9.35. The van der Waals surface area contributed by atoms with E-state index in [2.05, 4.69) is 10.0 Å². The molecule has 0 heterocycles. The van der Waals surface area contributed by atoms with Gasteiger partial charge in [0.05, 0.1) is 4.90 Å². The van der Waals surface area contributed by atoms with Gasteiger partial charge in [-0.2, -0.15) is 0 Å². The van der Waals surface area contributed by atoms with Gasteiger partial charge in [0.1, 0.15) is 0 Å². The molecule has 0 unspecified atom stereocenters. The molecule has 0 aromatic heterocycles. The maximum Gasteiger partial charge on any atom is 0.240 e. The molecule has 0 aliphatic rings. The predicted molar refractivity (Wildman–Crippen MR) is 77.4 cm³/mol. The van der Waals surface area contributed by atoms with Crippen molar-refractivity contribution in [3.05, 3.63) is 29.8 Å². The van der Waals surface area contributed by atoms with E-state index in [1.165, 1.54) is 12.1 Å². The summed E-state index contributed by atoms with van der Waals surface area (Å²) >= 11 is 0. The van der Waals surface area contributed by atoms with Crippen molar-refractivity contribution < 1.29 is 13.2 Å². The summed E-state index contributed by atoms with van der Waals surface area (Å²) in [4.78, 5) is 11.6. The molecular weight excluding hydrogens is 278 g/mol. The monoisotopic (exact) mass is 299 g/mol. The van der Waals surface area contributed by atoms with Crippen molar-refractivity contribution >= 4 is 15.9 Å².